The molecule has 1 saturated heterocycles. The van der Waals surface area contributed by atoms with Gasteiger partial charge in [0.2, 0.25) is 5.89 Å². The Morgan fingerprint density at radius 3 is 2.42 bits per heavy atom. The first-order chi connectivity index (χ1) is 12.0. The lowest BCUT2D eigenvalue weighted by atomic mass is 9.96. The molecule has 150 valence electrons. The van der Waals surface area contributed by atoms with Gasteiger partial charge in [0.15, 0.2) is 5.82 Å². The van der Waals surface area contributed by atoms with Gasteiger partial charge in [0.05, 0.1) is 13.1 Å². The monoisotopic (exact) mass is 408 g/mol. The van der Waals surface area contributed by atoms with Gasteiger partial charge in [0.1, 0.15) is 0 Å². The summed E-state index contributed by atoms with van der Waals surface area (Å²) in [6.07, 6.45) is 5.39. The van der Waals surface area contributed by atoms with Gasteiger partial charge in [0.25, 0.3) is 10.2 Å². The quantitative estimate of drug-likeness (QED) is 0.733. The highest BCUT2D eigenvalue weighted by Gasteiger charge is 2.34. The van der Waals surface area contributed by atoms with Crippen molar-refractivity contribution in [2.24, 2.45) is 5.73 Å². The molecule has 2 N–H and O–H groups in total. The smallest absolute Gasteiger partial charge is 0.282 e. The summed E-state index contributed by atoms with van der Waals surface area (Å²) in [5.74, 6) is 1.02. The summed E-state index contributed by atoms with van der Waals surface area (Å²) < 4.78 is 33.9. The number of nitrogens with zero attached hydrogens (tertiary/aromatic N) is 5. The zero-order chi connectivity index (χ0) is 17.9. The number of halogens is 1. The third-order valence-corrected chi connectivity index (χ3v) is 7.20. The molecule has 2 fully saturated rings. The maximum absolute atomic E-state index is 12.9. The molecule has 3 rings (SSSR count). The largest absolute Gasteiger partial charge is 0.338 e. The Labute approximate surface area is 161 Å². The molecular formula is C15H29ClN6O3S. The number of nitrogens with two attached hydrogens (primary N) is 1. The van der Waals surface area contributed by atoms with E-state index in [9.17, 15) is 8.42 Å². The van der Waals surface area contributed by atoms with Crippen molar-refractivity contribution in [3.8, 4) is 0 Å². The van der Waals surface area contributed by atoms with Crippen LogP contribution < -0.4 is 5.73 Å². The molecule has 1 aromatic heterocycles. The van der Waals surface area contributed by atoms with E-state index in [0.717, 1.165) is 25.7 Å². The van der Waals surface area contributed by atoms with E-state index in [4.69, 9.17) is 10.3 Å². The Kier molecular flexibility index (Phi) is 7.80. The summed E-state index contributed by atoms with van der Waals surface area (Å²) in [5.41, 5.74) is 5.46. The summed E-state index contributed by atoms with van der Waals surface area (Å²) >= 11 is 0. The summed E-state index contributed by atoms with van der Waals surface area (Å²) in [7, 11) is -1.66. The normalized spacial score (nSPS) is 21.0. The SMILES string of the molecule is CN(C1CCCCC1)S(=O)(=O)N1CCN(Cc2noc(CN)n2)CC1.Cl. The molecule has 0 spiro atoms. The minimum atomic E-state index is -3.38. The van der Waals surface area contributed by atoms with Gasteiger partial charge in [-0.1, -0.05) is 24.4 Å². The van der Waals surface area contributed by atoms with Crippen LogP contribution in [0.4, 0.5) is 0 Å². The lowest BCUT2D eigenvalue weighted by Gasteiger charge is -2.38. The highest BCUT2D eigenvalue weighted by Crippen LogP contribution is 2.25. The number of rotatable bonds is 6. The van der Waals surface area contributed by atoms with Crippen molar-refractivity contribution >= 4 is 22.6 Å². The Balaban J connectivity index is 0.00000243. The molecule has 11 heteroatoms. The zero-order valence-electron chi connectivity index (χ0n) is 15.2. The predicted molar refractivity (Wildman–Crippen MR) is 99.8 cm³/mol. The molecule has 1 saturated carbocycles. The third kappa shape index (κ3) is 4.93. The summed E-state index contributed by atoms with van der Waals surface area (Å²) in [5, 5.41) is 3.89. The van der Waals surface area contributed by atoms with Gasteiger partial charge in [0, 0.05) is 39.3 Å². The zero-order valence-corrected chi connectivity index (χ0v) is 16.8. The highest BCUT2D eigenvalue weighted by atomic mass is 35.5. The lowest BCUT2D eigenvalue weighted by Crippen LogP contribution is -2.54. The molecule has 0 bridgehead atoms. The van der Waals surface area contributed by atoms with Crippen molar-refractivity contribution in [2.45, 2.75) is 51.2 Å². The van der Waals surface area contributed by atoms with Gasteiger partial charge in [-0.3, -0.25) is 4.90 Å². The van der Waals surface area contributed by atoms with Gasteiger partial charge >= 0.3 is 0 Å². The van der Waals surface area contributed by atoms with Crippen LogP contribution in [-0.2, 0) is 23.3 Å². The van der Waals surface area contributed by atoms with E-state index in [0.29, 0.717) is 44.4 Å². The Hall–Kier alpha value is -0.780. The molecule has 0 aromatic carbocycles. The molecule has 0 amide bonds. The van der Waals surface area contributed by atoms with Crippen LogP contribution in [0.2, 0.25) is 0 Å². The molecule has 26 heavy (non-hydrogen) atoms. The van der Waals surface area contributed by atoms with Crippen LogP contribution in [0.5, 0.6) is 0 Å². The molecule has 1 aliphatic heterocycles. The maximum atomic E-state index is 12.9. The van der Waals surface area contributed by atoms with Crippen molar-refractivity contribution in [3.63, 3.8) is 0 Å². The average Bonchev–Trinajstić information content (AvgIpc) is 3.10. The maximum Gasteiger partial charge on any atom is 0.282 e. The molecule has 0 radical (unpaired) electrons. The van der Waals surface area contributed by atoms with Gasteiger partial charge in [-0.2, -0.15) is 22.0 Å². The van der Waals surface area contributed by atoms with Crippen LogP contribution in [0, 0.1) is 0 Å². The van der Waals surface area contributed by atoms with Gasteiger partial charge in [-0.05, 0) is 12.8 Å². The van der Waals surface area contributed by atoms with E-state index in [-0.39, 0.29) is 25.0 Å². The third-order valence-electron chi connectivity index (χ3n) is 5.16. The fraction of sp³-hybridized carbons (Fsp3) is 0.867. The standard InChI is InChI=1S/C15H28N6O3S.ClH/c1-19(13-5-3-2-4-6-13)25(22,23)21-9-7-20(8-10-21)12-14-17-15(11-16)24-18-14;/h13H,2-12,16H2,1H3;1H. The van der Waals surface area contributed by atoms with Gasteiger partial charge in [-0.25, -0.2) is 0 Å². The van der Waals surface area contributed by atoms with Crippen LogP contribution in [-0.4, -0.2) is 71.3 Å². The number of aromatic nitrogens is 2. The summed E-state index contributed by atoms with van der Waals surface area (Å²) in [6, 6.07) is 0.144. The van der Waals surface area contributed by atoms with E-state index in [2.05, 4.69) is 15.0 Å². The van der Waals surface area contributed by atoms with Crippen molar-refractivity contribution in [1.82, 2.24) is 23.7 Å². The summed E-state index contributed by atoms with van der Waals surface area (Å²) in [6.45, 7) is 3.07. The van der Waals surface area contributed by atoms with Crippen molar-refractivity contribution in [2.75, 3.05) is 33.2 Å². The first kappa shape index (κ1) is 21.5. The van der Waals surface area contributed by atoms with Crippen molar-refractivity contribution in [3.05, 3.63) is 11.7 Å². The molecule has 1 aromatic rings. The Bertz CT molecular complexity index is 656. The topological polar surface area (TPSA) is 109 Å². The molecule has 2 heterocycles. The molecule has 0 unspecified atom stereocenters. The second-order valence-electron chi connectivity index (χ2n) is 6.80. The second-order valence-corrected chi connectivity index (χ2v) is 8.79. The average molecular weight is 409 g/mol. The molecular weight excluding hydrogens is 380 g/mol. The number of hydrogen-bond acceptors (Lipinski definition) is 7. The van der Waals surface area contributed by atoms with Crippen LogP contribution >= 0.6 is 12.4 Å². The molecule has 2 aliphatic rings. The minimum Gasteiger partial charge on any atom is -0.338 e. The number of hydrogen-bond donors (Lipinski definition) is 1. The van der Waals surface area contributed by atoms with E-state index < -0.39 is 10.2 Å². The Morgan fingerprint density at radius 2 is 1.85 bits per heavy atom. The van der Waals surface area contributed by atoms with Crippen LogP contribution in [0.1, 0.15) is 43.8 Å². The molecule has 9 nitrogen and oxygen atoms in total. The molecule has 1 aliphatic carbocycles. The van der Waals surface area contributed by atoms with Gasteiger partial charge < -0.3 is 10.3 Å². The van der Waals surface area contributed by atoms with Crippen LogP contribution in [0.15, 0.2) is 4.52 Å². The van der Waals surface area contributed by atoms with Crippen LogP contribution in [0.3, 0.4) is 0 Å². The molecule has 0 atom stereocenters. The van der Waals surface area contributed by atoms with Crippen LogP contribution in [0.25, 0.3) is 0 Å². The van der Waals surface area contributed by atoms with Crippen molar-refractivity contribution < 1.29 is 12.9 Å². The minimum absolute atomic E-state index is 0. The fourth-order valence-corrected chi connectivity index (χ4v) is 5.15. The first-order valence-corrected chi connectivity index (χ1v) is 10.4. The van der Waals surface area contributed by atoms with E-state index >= 15 is 0 Å². The Morgan fingerprint density at radius 1 is 1.19 bits per heavy atom. The van der Waals surface area contributed by atoms with Crippen molar-refractivity contribution in [1.29, 1.82) is 0 Å². The fourth-order valence-electron chi connectivity index (χ4n) is 3.57. The van der Waals surface area contributed by atoms with E-state index in [1.165, 1.54) is 6.42 Å². The number of piperazine rings is 1. The van der Waals surface area contributed by atoms with E-state index in [1.54, 1.807) is 15.7 Å². The second kappa shape index (κ2) is 9.43. The van der Waals surface area contributed by atoms with E-state index in [1.807, 2.05) is 0 Å². The van der Waals surface area contributed by atoms with Gasteiger partial charge in [-0.15, -0.1) is 12.4 Å². The summed E-state index contributed by atoms with van der Waals surface area (Å²) in [4.78, 5) is 6.33. The lowest BCUT2D eigenvalue weighted by molar-refractivity contribution is 0.166. The highest BCUT2D eigenvalue weighted by molar-refractivity contribution is 7.86. The predicted octanol–water partition coefficient (Wildman–Crippen LogP) is 0.577. The first-order valence-electron chi connectivity index (χ1n) is 8.97.